The molecule has 2 rings (SSSR count). The molecule has 0 aliphatic rings. The van der Waals surface area contributed by atoms with Gasteiger partial charge >= 0.3 is 0 Å². The van der Waals surface area contributed by atoms with Crippen LogP contribution in [0.15, 0.2) is 42.7 Å². The number of nitrogens with zero attached hydrogens (tertiary/aromatic N) is 2. The van der Waals surface area contributed by atoms with Crippen LogP contribution in [0.4, 0.5) is 0 Å². The van der Waals surface area contributed by atoms with Crippen LogP contribution in [0.1, 0.15) is 24.2 Å². The number of aromatic nitrogens is 2. The molecule has 3 nitrogen and oxygen atoms in total. The lowest BCUT2D eigenvalue weighted by Crippen LogP contribution is -2.08. The highest BCUT2D eigenvalue weighted by atomic mass is 16.1. The van der Waals surface area contributed by atoms with Gasteiger partial charge in [-0.05, 0) is 18.2 Å². The van der Waals surface area contributed by atoms with Crippen LogP contribution >= 0.6 is 0 Å². The Kier molecular flexibility index (Phi) is 2.86. The number of carbonyl (C=O) groups is 1. The lowest BCUT2D eigenvalue weighted by atomic mass is 10.0. The van der Waals surface area contributed by atoms with Crippen molar-refractivity contribution in [3.8, 4) is 5.69 Å². The van der Waals surface area contributed by atoms with Gasteiger partial charge in [0.2, 0.25) is 0 Å². The number of ketones is 1. The third kappa shape index (κ3) is 2.03. The van der Waals surface area contributed by atoms with E-state index < -0.39 is 0 Å². The largest absolute Gasteiger partial charge is 0.294 e. The molecule has 0 aliphatic heterocycles. The molecule has 16 heavy (non-hydrogen) atoms. The fourth-order valence-electron chi connectivity index (χ4n) is 1.56. The van der Waals surface area contributed by atoms with E-state index in [0.717, 1.165) is 11.3 Å². The summed E-state index contributed by atoms with van der Waals surface area (Å²) in [5.74, 6) is 0.182. The first-order valence-electron chi connectivity index (χ1n) is 5.33. The molecule has 1 aromatic carbocycles. The molecule has 1 heterocycles. The monoisotopic (exact) mass is 214 g/mol. The third-order valence-corrected chi connectivity index (χ3v) is 2.42. The van der Waals surface area contributed by atoms with Gasteiger partial charge < -0.3 is 0 Å². The molecule has 0 saturated heterocycles. The highest BCUT2D eigenvalue weighted by Crippen LogP contribution is 2.13. The van der Waals surface area contributed by atoms with E-state index in [1.165, 1.54) is 0 Å². The summed E-state index contributed by atoms with van der Waals surface area (Å²) in [4.78, 5) is 11.8. The van der Waals surface area contributed by atoms with E-state index in [0.29, 0.717) is 0 Å². The summed E-state index contributed by atoms with van der Waals surface area (Å²) in [6, 6.07) is 9.39. The second-order valence-corrected chi connectivity index (χ2v) is 4.02. The number of hydrogen-bond donors (Lipinski definition) is 0. The highest BCUT2D eigenvalue weighted by molar-refractivity contribution is 5.97. The van der Waals surface area contributed by atoms with Crippen molar-refractivity contribution < 1.29 is 4.79 Å². The van der Waals surface area contributed by atoms with E-state index in [9.17, 15) is 4.79 Å². The number of Topliss-reactive ketones (excluding diaryl/α,β-unsaturated/α-hetero) is 1. The summed E-state index contributed by atoms with van der Waals surface area (Å²) >= 11 is 0. The van der Waals surface area contributed by atoms with E-state index in [1.807, 2.05) is 50.4 Å². The van der Waals surface area contributed by atoms with E-state index in [1.54, 1.807) is 10.9 Å². The van der Waals surface area contributed by atoms with Gasteiger partial charge in [0.1, 0.15) is 0 Å². The van der Waals surface area contributed by atoms with Crippen LogP contribution < -0.4 is 0 Å². The maximum atomic E-state index is 11.8. The van der Waals surface area contributed by atoms with Crippen molar-refractivity contribution in [2.45, 2.75) is 13.8 Å². The zero-order valence-electron chi connectivity index (χ0n) is 9.42. The van der Waals surface area contributed by atoms with Crippen molar-refractivity contribution in [2.24, 2.45) is 5.92 Å². The molecule has 0 radical (unpaired) electrons. The predicted octanol–water partition coefficient (Wildman–Crippen LogP) is 2.71. The lowest BCUT2D eigenvalue weighted by Gasteiger charge is -2.06. The van der Waals surface area contributed by atoms with E-state index in [4.69, 9.17) is 0 Å². The van der Waals surface area contributed by atoms with Crippen molar-refractivity contribution in [1.82, 2.24) is 9.78 Å². The number of benzene rings is 1. The topological polar surface area (TPSA) is 34.9 Å². The maximum absolute atomic E-state index is 11.8. The third-order valence-electron chi connectivity index (χ3n) is 2.42. The lowest BCUT2D eigenvalue weighted by molar-refractivity contribution is 0.0939. The Morgan fingerprint density at radius 2 is 2.12 bits per heavy atom. The molecule has 0 aliphatic carbocycles. The SMILES string of the molecule is CC(C)C(=O)c1cccc(-n2cccn2)c1. The van der Waals surface area contributed by atoms with Crippen LogP contribution in [0, 0.1) is 5.92 Å². The molecule has 2 aromatic rings. The fraction of sp³-hybridized carbons (Fsp3) is 0.231. The number of carbonyl (C=O) groups excluding carboxylic acids is 1. The first kappa shape index (κ1) is 10.6. The fourth-order valence-corrected chi connectivity index (χ4v) is 1.56. The van der Waals surface area contributed by atoms with Crippen LogP contribution in [0.3, 0.4) is 0 Å². The Morgan fingerprint density at radius 3 is 2.75 bits per heavy atom. The van der Waals surface area contributed by atoms with Gasteiger partial charge in [-0.25, -0.2) is 4.68 Å². The Morgan fingerprint density at radius 1 is 1.31 bits per heavy atom. The van der Waals surface area contributed by atoms with Gasteiger partial charge in [0.15, 0.2) is 5.78 Å². The van der Waals surface area contributed by atoms with Crippen LogP contribution in [0.25, 0.3) is 5.69 Å². The average molecular weight is 214 g/mol. The van der Waals surface area contributed by atoms with Gasteiger partial charge in [-0.3, -0.25) is 4.79 Å². The summed E-state index contributed by atoms with van der Waals surface area (Å²) in [5, 5.41) is 4.14. The maximum Gasteiger partial charge on any atom is 0.165 e. The Hall–Kier alpha value is -1.90. The highest BCUT2D eigenvalue weighted by Gasteiger charge is 2.10. The second-order valence-electron chi connectivity index (χ2n) is 4.02. The molecule has 0 atom stereocenters. The number of rotatable bonds is 3. The van der Waals surface area contributed by atoms with Crippen molar-refractivity contribution in [2.75, 3.05) is 0 Å². The molecule has 0 fully saturated rings. The molecular formula is C13H14N2O. The first-order chi connectivity index (χ1) is 7.68. The Bertz CT molecular complexity index is 486. The van der Waals surface area contributed by atoms with Crippen LogP contribution in [-0.2, 0) is 0 Å². The summed E-state index contributed by atoms with van der Waals surface area (Å²) in [5.41, 5.74) is 1.65. The van der Waals surface area contributed by atoms with E-state index in [-0.39, 0.29) is 11.7 Å². The minimum absolute atomic E-state index is 0.0212. The molecule has 0 N–H and O–H groups in total. The molecule has 1 aromatic heterocycles. The summed E-state index contributed by atoms with van der Waals surface area (Å²) < 4.78 is 1.75. The molecule has 0 spiro atoms. The summed E-state index contributed by atoms with van der Waals surface area (Å²) in [7, 11) is 0. The predicted molar refractivity (Wildman–Crippen MR) is 62.7 cm³/mol. The van der Waals surface area contributed by atoms with Crippen LogP contribution in [0.5, 0.6) is 0 Å². The minimum atomic E-state index is 0.0212. The van der Waals surface area contributed by atoms with Gasteiger partial charge in [-0.15, -0.1) is 0 Å². The van der Waals surface area contributed by atoms with Crippen molar-refractivity contribution in [3.05, 3.63) is 48.3 Å². The van der Waals surface area contributed by atoms with Gasteiger partial charge in [-0.1, -0.05) is 26.0 Å². The van der Waals surface area contributed by atoms with Crippen molar-refractivity contribution in [3.63, 3.8) is 0 Å². The molecule has 0 amide bonds. The van der Waals surface area contributed by atoms with Crippen molar-refractivity contribution in [1.29, 1.82) is 0 Å². The molecule has 0 unspecified atom stereocenters. The number of hydrogen-bond acceptors (Lipinski definition) is 2. The minimum Gasteiger partial charge on any atom is -0.294 e. The normalized spacial score (nSPS) is 10.7. The first-order valence-corrected chi connectivity index (χ1v) is 5.33. The smallest absolute Gasteiger partial charge is 0.165 e. The molecule has 82 valence electrons. The molecular weight excluding hydrogens is 200 g/mol. The van der Waals surface area contributed by atoms with Crippen molar-refractivity contribution >= 4 is 5.78 Å². The van der Waals surface area contributed by atoms with Crippen LogP contribution in [-0.4, -0.2) is 15.6 Å². The van der Waals surface area contributed by atoms with E-state index in [2.05, 4.69) is 5.10 Å². The molecule has 0 bridgehead atoms. The van der Waals surface area contributed by atoms with Crippen LogP contribution in [0.2, 0.25) is 0 Å². The van der Waals surface area contributed by atoms with E-state index >= 15 is 0 Å². The average Bonchev–Trinajstić information content (AvgIpc) is 2.81. The summed E-state index contributed by atoms with van der Waals surface area (Å²) in [6.45, 7) is 3.81. The van der Waals surface area contributed by atoms with Gasteiger partial charge in [0.05, 0.1) is 5.69 Å². The standard InChI is InChI=1S/C13H14N2O/c1-10(2)13(16)11-5-3-6-12(9-11)15-8-4-7-14-15/h3-10H,1-2H3. The second kappa shape index (κ2) is 4.31. The Labute approximate surface area is 94.7 Å². The Balaban J connectivity index is 2.37. The summed E-state index contributed by atoms with van der Waals surface area (Å²) in [6.07, 6.45) is 3.58. The molecule has 3 heteroatoms. The van der Waals surface area contributed by atoms with Gasteiger partial charge in [0, 0.05) is 23.9 Å². The zero-order chi connectivity index (χ0) is 11.5. The quantitative estimate of drug-likeness (QED) is 0.736. The molecule has 0 saturated carbocycles. The van der Waals surface area contributed by atoms with Gasteiger partial charge in [-0.2, -0.15) is 5.10 Å². The zero-order valence-corrected chi connectivity index (χ0v) is 9.42. The van der Waals surface area contributed by atoms with Gasteiger partial charge in [0.25, 0.3) is 0 Å².